The van der Waals surface area contributed by atoms with Gasteiger partial charge < -0.3 is 29.2 Å². The van der Waals surface area contributed by atoms with Gasteiger partial charge in [0.15, 0.2) is 0 Å². The minimum absolute atomic E-state index is 0.291. The monoisotopic (exact) mass is 553 g/mol. The molecule has 9 nitrogen and oxygen atoms in total. The SMILES string of the molecule is COc1cccc2sc(C3CC4CCC(C3)N4C[C@H](O)COc3cccc4occc34)cc12.O=C(O)C(=O)O. The summed E-state index contributed by atoms with van der Waals surface area (Å²) in [5.41, 5.74) is 0.806. The summed E-state index contributed by atoms with van der Waals surface area (Å²) in [7, 11) is 1.75. The molecule has 10 heteroatoms. The number of benzene rings is 2. The number of carboxylic acids is 2. The zero-order valence-corrected chi connectivity index (χ0v) is 22.3. The van der Waals surface area contributed by atoms with Crippen molar-refractivity contribution in [1.29, 1.82) is 0 Å². The van der Waals surface area contributed by atoms with E-state index in [-0.39, 0.29) is 0 Å². The molecule has 3 atom stereocenters. The Morgan fingerprint density at radius 3 is 2.41 bits per heavy atom. The largest absolute Gasteiger partial charge is 0.496 e. The van der Waals surface area contributed by atoms with Gasteiger partial charge in [0.2, 0.25) is 0 Å². The van der Waals surface area contributed by atoms with Crippen LogP contribution in [-0.4, -0.2) is 70.6 Å². The molecule has 4 aromatic rings. The van der Waals surface area contributed by atoms with Gasteiger partial charge in [-0.25, -0.2) is 9.59 Å². The molecule has 2 unspecified atom stereocenters. The standard InChI is InChI=1S/C27H29NO4S.C2H2O4/c1-30-23-4-3-7-26-22(23)14-27(33-26)17-12-18-8-9-19(13-17)28(18)15-20(29)16-32-25-6-2-5-24-21(25)10-11-31-24;3-1(4)2(5)6/h2-7,10-11,14,17-20,29H,8-9,12-13,15-16H2,1H3;(H,3,4)(H,5,6)/t17?,18?,19?,20-;/m0./s1. The molecule has 2 aromatic heterocycles. The number of aliphatic carboxylic acids is 2. The lowest BCUT2D eigenvalue weighted by atomic mass is 9.89. The first-order valence-corrected chi connectivity index (χ1v) is 13.7. The number of methoxy groups -OCH3 is 1. The molecule has 0 radical (unpaired) electrons. The maximum absolute atomic E-state index is 10.8. The number of carboxylic acid groups (broad SMARTS) is 2. The average molecular weight is 554 g/mol. The van der Waals surface area contributed by atoms with Crippen molar-refractivity contribution in [2.24, 2.45) is 0 Å². The topological polar surface area (TPSA) is 130 Å². The fourth-order valence-corrected chi connectivity index (χ4v) is 7.02. The lowest BCUT2D eigenvalue weighted by Crippen LogP contribution is -2.47. The number of nitrogens with zero attached hydrogens (tertiary/aromatic N) is 1. The van der Waals surface area contributed by atoms with Crippen LogP contribution in [0.3, 0.4) is 0 Å². The van der Waals surface area contributed by atoms with E-state index in [0.717, 1.165) is 35.3 Å². The molecule has 2 aromatic carbocycles. The van der Waals surface area contributed by atoms with Crippen molar-refractivity contribution in [2.75, 3.05) is 20.3 Å². The third kappa shape index (κ3) is 5.88. The molecular weight excluding hydrogens is 522 g/mol. The van der Waals surface area contributed by atoms with Crippen LogP contribution in [0.25, 0.3) is 21.1 Å². The van der Waals surface area contributed by atoms with Gasteiger partial charge in [-0.15, -0.1) is 11.3 Å². The Morgan fingerprint density at radius 2 is 1.72 bits per heavy atom. The first kappa shape index (κ1) is 27.0. The fourth-order valence-electron chi connectivity index (χ4n) is 5.81. The lowest BCUT2D eigenvalue weighted by molar-refractivity contribution is -0.159. The van der Waals surface area contributed by atoms with Gasteiger partial charge in [0.1, 0.15) is 29.8 Å². The molecule has 3 N–H and O–H groups in total. The summed E-state index contributed by atoms with van der Waals surface area (Å²) in [5, 5.41) is 27.7. The zero-order chi connectivity index (χ0) is 27.5. The number of hydrogen-bond donors (Lipinski definition) is 3. The molecule has 0 aliphatic carbocycles. The normalized spacial score (nSPS) is 21.3. The summed E-state index contributed by atoms with van der Waals surface area (Å²) >= 11 is 1.91. The summed E-state index contributed by atoms with van der Waals surface area (Å²) in [5.74, 6) is -1.33. The van der Waals surface area contributed by atoms with Crippen LogP contribution in [0.5, 0.6) is 11.5 Å². The molecule has 2 aliphatic heterocycles. The number of carbonyl (C=O) groups is 2. The molecule has 39 heavy (non-hydrogen) atoms. The Kier molecular flexibility index (Phi) is 8.06. The number of fused-ring (bicyclic) bond motifs is 4. The highest BCUT2D eigenvalue weighted by molar-refractivity contribution is 7.19. The van der Waals surface area contributed by atoms with E-state index < -0.39 is 18.0 Å². The predicted molar refractivity (Wildman–Crippen MR) is 147 cm³/mol. The number of ether oxygens (including phenoxy) is 2. The first-order valence-electron chi connectivity index (χ1n) is 12.9. The van der Waals surface area contributed by atoms with Gasteiger partial charge >= 0.3 is 11.9 Å². The second-order valence-electron chi connectivity index (χ2n) is 9.93. The third-order valence-corrected chi connectivity index (χ3v) is 8.80. The van der Waals surface area contributed by atoms with Crippen molar-refractivity contribution < 1.29 is 38.8 Å². The highest BCUT2D eigenvalue weighted by Gasteiger charge is 2.42. The van der Waals surface area contributed by atoms with Crippen molar-refractivity contribution >= 4 is 44.3 Å². The molecular formula is C29H31NO8S. The average Bonchev–Trinajstić information content (AvgIpc) is 3.63. The number of furan rings is 1. The lowest BCUT2D eigenvalue weighted by Gasteiger charge is -2.39. The second-order valence-corrected chi connectivity index (χ2v) is 11.1. The van der Waals surface area contributed by atoms with Crippen molar-refractivity contribution in [3.8, 4) is 11.5 Å². The van der Waals surface area contributed by atoms with Crippen molar-refractivity contribution in [3.05, 3.63) is 59.7 Å². The van der Waals surface area contributed by atoms with Crippen LogP contribution in [0.1, 0.15) is 36.5 Å². The Labute approximate surface area is 229 Å². The number of hydrogen-bond acceptors (Lipinski definition) is 8. The molecule has 6 rings (SSSR count). The van der Waals surface area contributed by atoms with Crippen LogP contribution in [0.15, 0.2) is 59.2 Å². The molecule has 2 bridgehead atoms. The van der Waals surface area contributed by atoms with Crippen LogP contribution < -0.4 is 9.47 Å². The van der Waals surface area contributed by atoms with Crippen molar-refractivity contribution in [3.63, 3.8) is 0 Å². The van der Waals surface area contributed by atoms with Gasteiger partial charge in [-0.05, 0) is 68.0 Å². The van der Waals surface area contributed by atoms with E-state index in [2.05, 4.69) is 23.1 Å². The smallest absolute Gasteiger partial charge is 0.414 e. The highest BCUT2D eigenvalue weighted by atomic mass is 32.1. The van der Waals surface area contributed by atoms with E-state index >= 15 is 0 Å². The predicted octanol–water partition coefficient (Wildman–Crippen LogP) is 4.96. The Morgan fingerprint density at radius 1 is 1.03 bits per heavy atom. The van der Waals surface area contributed by atoms with E-state index in [9.17, 15) is 5.11 Å². The fraction of sp³-hybridized carbons (Fsp3) is 0.379. The van der Waals surface area contributed by atoms with E-state index in [1.54, 1.807) is 13.4 Å². The Bertz CT molecular complexity index is 1440. The van der Waals surface area contributed by atoms with Crippen LogP contribution in [-0.2, 0) is 9.59 Å². The van der Waals surface area contributed by atoms with Gasteiger partial charge in [0, 0.05) is 33.6 Å². The minimum Gasteiger partial charge on any atom is -0.496 e. The summed E-state index contributed by atoms with van der Waals surface area (Å²) in [6.45, 7) is 0.962. The molecule has 2 saturated heterocycles. The highest BCUT2D eigenvalue weighted by Crippen LogP contribution is 2.46. The van der Waals surface area contributed by atoms with Crippen LogP contribution in [0, 0.1) is 0 Å². The van der Waals surface area contributed by atoms with Gasteiger partial charge in [-0.3, -0.25) is 4.90 Å². The number of aliphatic hydroxyl groups is 1. The van der Waals surface area contributed by atoms with Gasteiger partial charge in [-0.1, -0.05) is 12.1 Å². The van der Waals surface area contributed by atoms with Crippen LogP contribution in [0.4, 0.5) is 0 Å². The summed E-state index contributed by atoms with van der Waals surface area (Å²) in [6.07, 6.45) is 5.92. The number of piperidine rings is 1. The maximum Gasteiger partial charge on any atom is 0.414 e. The number of thiophene rings is 1. The van der Waals surface area contributed by atoms with Gasteiger partial charge in [-0.2, -0.15) is 0 Å². The first-order chi connectivity index (χ1) is 18.8. The molecule has 4 heterocycles. The summed E-state index contributed by atoms with van der Waals surface area (Å²) < 4.78 is 18.3. The Hall–Kier alpha value is -3.60. The summed E-state index contributed by atoms with van der Waals surface area (Å²) in [4.78, 5) is 22.2. The molecule has 0 saturated carbocycles. The van der Waals surface area contributed by atoms with Gasteiger partial charge in [0.25, 0.3) is 0 Å². The van der Waals surface area contributed by atoms with Crippen molar-refractivity contribution in [2.45, 2.75) is 49.8 Å². The zero-order valence-electron chi connectivity index (χ0n) is 21.5. The number of aliphatic hydroxyl groups excluding tert-OH is 1. The third-order valence-electron chi connectivity index (χ3n) is 7.54. The molecule has 2 aliphatic rings. The molecule has 2 fully saturated rings. The van der Waals surface area contributed by atoms with Crippen molar-refractivity contribution in [1.82, 2.24) is 4.90 Å². The van der Waals surface area contributed by atoms with E-state index in [1.807, 2.05) is 41.7 Å². The van der Waals surface area contributed by atoms with Gasteiger partial charge in [0.05, 0.1) is 18.8 Å². The number of rotatable bonds is 7. The molecule has 0 spiro atoms. The maximum atomic E-state index is 10.8. The minimum atomic E-state index is -1.82. The summed E-state index contributed by atoms with van der Waals surface area (Å²) in [6, 6.07) is 17.4. The van der Waals surface area contributed by atoms with Crippen LogP contribution >= 0.6 is 11.3 Å². The quantitative estimate of drug-likeness (QED) is 0.272. The molecule has 206 valence electrons. The second kappa shape index (κ2) is 11.6. The van der Waals surface area contributed by atoms with E-state index in [0.29, 0.717) is 31.2 Å². The van der Waals surface area contributed by atoms with E-state index in [4.69, 9.17) is 33.7 Å². The van der Waals surface area contributed by atoms with E-state index in [1.165, 1.54) is 27.8 Å². The molecule has 0 amide bonds. The van der Waals surface area contributed by atoms with Crippen LogP contribution in [0.2, 0.25) is 0 Å². The Balaban J connectivity index is 0.000000465.